The molecule has 2 N–H and O–H groups in total. The summed E-state index contributed by atoms with van der Waals surface area (Å²) in [7, 11) is 1.50. The van der Waals surface area contributed by atoms with Gasteiger partial charge in [-0.1, -0.05) is 0 Å². The highest BCUT2D eigenvalue weighted by molar-refractivity contribution is 5.69. The van der Waals surface area contributed by atoms with Gasteiger partial charge < -0.3 is 19.9 Å². The van der Waals surface area contributed by atoms with Crippen molar-refractivity contribution in [1.29, 1.82) is 0 Å². The van der Waals surface area contributed by atoms with Gasteiger partial charge in [0.15, 0.2) is 0 Å². The van der Waals surface area contributed by atoms with Gasteiger partial charge in [-0.05, 0) is 37.1 Å². The summed E-state index contributed by atoms with van der Waals surface area (Å²) < 4.78 is 10.4. The Hall–Kier alpha value is -1.75. The minimum absolute atomic E-state index is 0.183. The molecule has 0 aliphatic rings. The summed E-state index contributed by atoms with van der Waals surface area (Å²) in [6.07, 6.45) is 1.05. The maximum atomic E-state index is 10.9. The summed E-state index contributed by atoms with van der Waals surface area (Å²) in [5.41, 5.74) is 0. The van der Waals surface area contributed by atoms with Crippen LogP contribution in [-0.2, 0) is 0 Å². The Morgan fingerprint density at radius 1 is 1.24 bits per heavy atom. The molecule has 0 saturated carbocycles. The second kappa shape index (κ2) is 7.51. The van der Waals surface area contributed by atoms with E-state index in [0.717, 1.165) is 12.8 Å². The van der Waals surface area contributed by atoms with Crippen LogP contribution in [0.2, 0.25) is 0 Å². The van der Waals surface area contributed by atoms with Gasteiger partial charge >= 0.3 is 6.09 Å². The molecule has 1 aromatic carbocycles. The summed E-state index contributed by atoms with van der Waals surface area (Å²) in [5.74, 6) is 1.18. The first kappa shape index (κ1) is 13.3. The van der Waals surface area contributed by atoms with Gasteiger partial charge in [-0.2, -0.15) is 0 Å². The van der Waals surface area contributed by atoms with Crippen LogP contribution in [0.1, 0.15) is 12.8 Å². The van der Waals surface area contributed by atoms with Crippen molar-refractivity contribution >= 4 is 6.09 Å². The van der Waals surface area contributed by atoms with Gasteiger partial charge in [-0.3, -0.25) is 0 Å². The van der Waals surface area contributed by atoms with E-state index in [-0.39, 0.29) is 6.61 Å². The highest BCUT2D eigenvalue weighted by atomic mass is 16.6. The number of carbonyl (C=O) groups is 1. The molecule has 0 heterocycles. The number of nitrogens with one attached hydrogen (secondary N) is 1. The molecule has 1 rings (SSSR count). The topological polar surface area (TPSA) is 67.8 Å². The van der Waals surface area contributed by atoms with Crippen molar-refractivity contribution in [1.82, 2.24) is 5.32 Å². The zero-order valence-corrected chi connectivity index (χ0v) is 9.81. The van der Waals surface area contributed by atoms with Gasteiger partial charge in [0.2, 0.25) is 0 Å². The number of aliphatic hydroxyl groups is 1. The average Bonchev–Trinajstić information content (AvgIpc) is 2.36. The molecule has 0 aliphatic carbocycles. The lowest BCUT2D eigenvalue weighted by Crippen LogP contribution is -2.21. The summed E-state index contributed by atoms with van der Waals surface area (Å²) >= 11 is 0. The molecule has 94 valence electrons. The van der Waals surface area contributed by atoms with Crippen molar-refractivity contribution in [3.05, 3.63) is 24.3 Å². The molecular weight excluding hydrogens is 222 g/mol. The largest absolute Gasteiger partial charge is 0.494 e. The van der Waals surface area contributed by atoms with Crippen LogP contribution in [0.5, 0.6) is 11.5 Å². The zero-order valence-electron chi connectivity index (χ0n) is 9.81. The van der Waals surface area contributed by atoms with Crippen molar-refractivity contribution in [3.8, 4) is 11.5 Å². The number of benzene rings is 1. The van der Waals surface area contributed by atoms with Gasteiger partial charge in [0, 0.05) is 13.7 Å². The van der Waals surface area contributed by atoms with Crippen LogP contribution in [-0.4, -0.2) is 31.5 Å². The minimum atomic E-state index is -0.499. The van der Waals surface area contributed by atoms with Gasteiger partial charge in [0.05, 0.1) is 6.61 Å². The first-order chi connectivity index (χ1) is 8.26. The van der Waals surface area contributed by atoms with E-state index in [0.29, 0.717) is 18.1 Å². The van der Waals surface area contributed by atoms with Crippen LogP contribution in [0.15, 0.2) is 24.3 Å². The van der Waals surface area contributed by atoms with E-state index in [2.05, 4.69) is 5.32 Å². The zero-order chi connectivity index (χ0) is 12.5. The first-order valence-corrected chi connectivity index (χ1v) is 5.49. The monoisotopic (exact) mass is 239 g/mol. The maximum Gasteiger partial charge on any atom is 0.412 e. The lowest BCUT2D eigenvalue weighted by Gasteiger charge is -2.07. The second-order valence-corrected chi connectivity index (χ2v) is 3.39. The van der Waals surface area contributed by atoms with Gasteiger partial charge in [-0.15, -0.1) is 0 Å². The third-order valence-corrected chi connectivity index (χ3v) is 2.06. The van der Waals surface area contributed by atoms with E-state index in [1.54, 1.807) is 24.3 Å². The van der Waals surface area contributed by atoms with E-state index < -0.39 is 6.09 Å². The van der Waals surface area contributed by atoms with E-state index in [4.69, 9.17) is 14.6 Å². The molecule has 0 unspecified atom stereocenters. The quantitative estimate of drug-likeness (QED) is 0.739. The molecule has 0 spiro atoms. The standard InChI is InChI=1S/C12H17NO4/c1-13-12(15)17-11-6-4-10(5-7-11)16-9-3-2-8-14/h4-7,14H,2-3,8-9H2,1H3,(H,13,15). The summed E-state index contributed by atoms with van der Waals surface area (Å²) in [4.78, 5) is 10.9. The molecule has 0 saturated heterocycles. The highest BCUT2D eigenvalue weighted by Crippen LogP contribution is 2.17. The van der Waals surface area contributed by atoms with Crippen LogP contribution >= 0.6 is 0 Å². The summed E-state index contributed by atoms with van der Waals surface area (Å²) in [6, 6.07) is 6.79. The van der Waals surface area contributed by atoms with Crippen LogP contribution in [0, 0.1) is 0 Å². The Bertz CT molecular complexity index is 337. The fourth-order valence-electron chi connectivity index (χ4n) is 1.17. The molecule has 1 amide bonds. The molecule has 5 nitrogen and oxygen atoms in total. The van der Waals surface area contributed by atoms with Crippen molar-refractivity contribution in [2.45, 2.75) is 12.8 Å². The third-order valence-electron chi connectivity index (χ3n) is 2.06. The van der Waals surface area contributed by atoms with Crippen LogP contribution in [0.25, 0.3) is 0 Å². The van der Waals surface area contributed by atoms with E-state index in [1.807, 2.05) is 0 Å². The molecular formula is C12H17NO4. The van der Waals surface area contributed by atoms with Gasteiger partial charge in [0.1, 0.15) is 11.5 Å². The molecule has 0 radical (unpaired) electrons. The van der Waals surface area contributed by atoms with Crippen LogP contribution in [0.3, 0.4) is 0 Å². The number of hydrogen-bond acceptors (Lipinski definition) is 4. The summed E-state index contributed by atoms with van der Waals surface area (Å²) in [6.45, 7) is 0.748. The minimum Gasteiger partial charge on any atom is -0.494 e. The van der Waals surface area contributed by atoms with E-state index in [1.165, 1.54) is 7.05 Å². The van der Waals surface area contributed by atoms with Crippen molar-refractivity contribution in [2.24, 2.45) is 0 Å². The number of ether oxygens (including phenoxy) is 2. The Morgan fingerprint density at radius 2 is 1.88 bits per heavy atom. The SMILES string of the molecule is CNC(=O)Oc1ccc(OCCCCO)cc1. The fourth-order valence-corrected chi connectivity index (χ4v) is 1.17. The molecule has 1 aromatic rings. The molecule has 0 atom stereocenters. The van der Waals surface area contributed by atoms with Crippen LogP contribution < -0.4 is 14.8 Å². The van der Waals surface area contributed by atoms with E-state index in [9.17, 15) is 4.79 Å². The molecule has 5 heteroatoms. The maximum absolute atomic E-state index is 10.9. The number of hydrogen-bond donors (Lipinski definition) is 2. The number of aliphatic hydroxyl groups excluding tert-OH is 1. The third kappa shape index (κ3) is 5.21. The molecule has 17 heavy (non-hydrogen) atoms. The normalized spacial score (nSPS) is 9.76. The molecule has 0 aliphatic heterocycles. The van der Waals surface area contributed by atoms with Crippen molar-refractivity contribution in [2.75, 3.05) is 20.3 Å². The Balaban J connectivity index is 2.36. The number of carbonyl (C=O) groups excluding carboxylic acids is 1. The first-order valence-electron chi connectivity index (χ1n) is 5.49. The van der Waals surface area contributed by atoms with Gasteiger partial charge in [0.25, 0.3) is 0 Å². The smallest absolute Gasteiger partial charge is 0.412 e. The van der Waals surface area contributed by atoms with Gasteiger partial charge in [-0.25, -0.2) is 4.79 Å². The molecule has 0 aromatic heterocycles. The van der Waals surface area contributed by atoms with E-state index >= 15 is 0 Å². The Kier molecular flexibility index (Phi) is 5.88. The number of amides is 1. The molecule has 0 bridgehead atoms. The predicted octanol–water partition coefficient (Wildman–Crippen LogP) is 1.56. The number of unbranched alkanes of at least 4 members (excludes halogenated alkanes) is 1. The summed E-state index contributed by atoms with van der Waals surface area (Å²) in [5, 5.41) is 11.0. The lowest BCUT2D eigenvalue weighted by atomic mass is 10.3. The predicted molar refractivity (Wildman–Crippen MR) is 63.3 cm³/mol. The second-order valence-electron chi connectivity index (χ2n) is 3.39. The highest BCUT2D eigenvalue weighted by Gasteiger charge is 2.01. The van der Waals surface area contributed by atoms with Crippen LogP contribution in [0.4, 0.5) is 4.79 Å². The lowest BCUT2D eigenvalue weighted by molar-refractivity contribution is 0.203. The average molecular weight is 239 g/mol. The number of rotatable bonds is 6. The van der Waals surface area contributed by atoms with Crippen molar-refractivity contribution in [3.63, 3.8) is 0 Å². The Labute approximate surface area is 100 Å². The van der Waals surface area contributed by atoms with Crippen molar-refractivity contribution < 1.29 is 19.4 Å². The fraction of sp³-hybridized carbons (Fsp3) is 0.417. The Morgan fingerprint density at radius 3 is 2.47 bits per heavy atom. The molecule has 0 fully saturated rings.